The average molecular weight is 299 g/mol. The monoisotopic (exact) mass is 299 g/mol. The van der Waals surface area contributed by atoms with E-state index in [1.54, 1.807) is 0 Å². The van der Waals surface area contributed by atoms with Gasteiger partial charge < -0.3 is 10.5 Å². The average Bonchev–Trinajstić information content (AvgIpc) is 2.53. The third-order valence-electron chi connectivity index (χ3n) is 3.84. The molecule has 1 aliphatic rings. The van der Waals surface area contributed by atoms with Gasteiger partial charge in [-0.2, -0.15) is 0 Å². The van der Waals surface area contributed by atoms with Crippen molar-refractivity contribution in [2.24, 2.45) is 5.73 Å². The zero-order valence-electron chi connectivity index (χ0n) is 12.1. The summed E-state index contributed by atoms with van der Waals surface area (Å²) in [4.78, 5) is 1.29. The number of thioether (sulfide) groups is 1. The molecule has 0 amide bonds. The van der Waals surface area contributed by atoms with Crippen molar-refractivity contribution in [3.63, 3.8) is 0 Å². The lowest BCUT2D eigenvalue weighted by atomic mass is 9.88. The van der Waals surface area contributed by atoms with Crippen molar-refractivity contribution in [2.75, 3.05) is 12.4 Å². The topological polar surface area (TPSA) is 35.2 Å². The van der Waals surface area contributed by atoms with Crippen LogP contribution in [0.1, 0.15) is 30.0 Å². The Balaban J connectivity index is 1.53. The molecule has 0 spiro atoms. The number of ether oxygens (including phenoxy) is 1. The number of benzene rings is 2. The van der Waals surface area contributed by atoms with Crippen LogP contribution in [0.5, 0.6) is 5.75 Å². The second-order valence-corrected chi connectivity index (χ2v) is 6.54. The maximum atomic E-state index is 6.19. The van der Waals surface area contributed by atoms with Crippen LogP contribution in [0.25, 0.3) is 0 Å². The van der Waals surface area contributed by atoms with Gasteiger partial charge in [-0.1, -0.05) is 24.3 Å². The summed E-state index contributed by atoms with van der Waals surface area (Å²) in [7, 11) is 0. The molecule has 1 aliphatic carbocycles. The Hall–Kier alpha value is -1.45. The lowest BCUT2D eigenvalue weighted by Gasteiger charge is -2.22. The maximum Gasteiger partial charge on any atom is 0.119 e. The Morgan fingerprint density at radius 1 is 1.14 bits per heavy atom. The van der Waals surface area contributed by atoms with E-state index in [0.29, 0.717) is 6.61 Å². The van der Waals surface area contributed by atoms with Gasteiger partial charge in [0.25, 0.3) is 0 Å². The molecule has 0 aliphatic heterocycles. The van der Waals surface area contributed by atoms with Crippen molar-refractivity contribution in [2.45, 2.75) is 30.2 Å². The molecule has 2 nitrogen and oxygen atoms in total. The number of nitrogens with two attached hydrogens (primary N) is 1. The fourth-order valence-corrected chi connectivity index (χ4v) is 3.49. The molecule has 2 aromatic carbocycles. The lowest BCUT2D eigenvalue weighted by molar-refractivity contribution is 0.342. The largest absolute Gasteiger partial charge is 0.493 e. The van der Waals surface area contributed by atoms with E-state index < -0.39 is 0 Å². The van der Waals surface area contributed by atoms with E-state index in [9.17, 15) is 0 Å². The van der Waals surface area contributed by atoms with Crippen molar-refractivity contribution in [1.29, 1.82) is 0 Å². The zero-order valence-corrected chi connectivity index (χ0v) is 12.9. The van der Waals surface area contributed by atoms with Gasteiger partial charge in [-0.05, 0) is 54.7 Å². The van der Waals surface area contributed by atoms with Crippen molar-refractivity contribution < 1.29 is 4.74 Å². The highest BCUT2D eigenvalue weighted by Crippen LogP contribution is 2.31. The fourth-order valence-electron chi connectivity index (χ4n) is 2.74. The lowest BCUT2D eigenvalue weighted by Crippen LogP contribution is -2.17. The Kier molecular flexibility index (Phi) is 4.84. The SMILES string of the molecule is N[C@@H]1CCCc2ccc(OCCSc3ccccc3)cc21. The first-order valence-electron chi connectivity index (χ1n) is 7.52. The van der Waals surface area contributed by atoms with Gasteiger partial charge in [0, 0.05) is 16.7 Å². The smallest absolute Gasteiger partial charge is 0.119 e. The van der Waals surface area contributed by atoms with Gasteiger partial charge in [-0.15, -0.1) is 11.8 Å². The molecule has 3 rings (SSSR count). The summed E-state index contributed by atoms with van der Waals surface area (Å²) >= 11 is 1.82. The molecule has 2 aromatic rings. The number of aryl methyl sites for hydroxylation is 1. The van der Waals surface area contributed by atoms with Gasteiger partial charge in [0.1, 0.15) is 5.75 Å². The Morgan fingerprint density at radius 2 is 2.00 bits per heavy atom. The van der Waals surface area contributed by atoms with Crippen LogP contribution in [0.4, 0.5) is 0 Å². The van der Waals surface area contributed by atoms with Crippen LogP contribution in [-0.4, -0.2) is 12.4 Å². The summed E-state index contributed by atoms with van der Waals surface area (Å²) in [5.41, 5.74) is 8.85. The van der Waals surface area contributed by atoms with Gasteiger partial charge in [0.05, 0.1) is 6.61 Å². The van der Waals surface area contributed by atoms with E-state index in [1.165, 1.54) is 22.4 Å². The second-order valence-electron chi connectivity index (χ2n) is 5.37. The fraction of sp³-hybridized carbons (Fsp3) is 0.333. The minimum Gasteiger partial charge on any atom is -0.493 e. The molecule has 21 heavy (non-hydrogen) atoms. The first-order chi connectivity index (χ1) is 10.3. The molecule has 0 aromatic heterocycles. The van der Waals surface area contributed by atoms with Crippen molar-refractivity contribution >= 4 is 11.8 Å². The highest BCUT2D eigenvalue weighted by molar-refractivity contribution is 7.99. The Labute approximate surface area is 130 Å². The summed E-state index contributed by atoms with van der Waals surface area (Å²) in [6, 6.07) is 17.0. The normalized spacial score (nSPS) is 17.3. The van der Waals surface area contributed by atoms with Crippen LogP contribution < -0.4 is 10.5 Å². The molecule has 0 radical (unpaired) electrons. The predicted octanol–water partition coefficient (Wildman–Crippen LogP) is 4.19. The van der Waals surface area contributed by atoms with Gasteiger partial charge in [-0.3, -0.25) is 0 Å². The van der Waals surface area contributed by atoms with Gasteiger partial charge in [-0.25, -0.2) is 0 Å². The van der Waals surface area contributed by atoms with Crippen LogP contribution >= 0.6 is 11.8 Å². The van der Waals surface area contributed by atoms with Crippen molar-refractivity contribution in [3.8, 4) is 5.75 Å². The van der Waals surface area contributed by atoms with E-state index in [1.807, 2.05) is 17.8 Å². The van der Waals surface area contributed by atoms with E-state index in [2.05, 4.69) is 42.5 Å². The number of hydrogen-bond donors (Lipinski definition) is 1. The summed E-state index contributed by atoms with van der Waals surface area (Å²) in [5, 5.41) is 0. The molecule has 0 fully saturated rings. The molecular formula is C18H21NOS. The van der Waals surface area contributed by atoms with Crippen LogP contribution in [0, 0.1) is 0 Å². The molecule has 1 atom stereocenters. The Bertz CT molecular complexity index is 585. The van der Waals surface area contributed by atoms with Crippen LogP contribution in [0.3, 0.4) is 0 Å². The summed E-state index contributed by atoms with van der Waals surface area (Å²) < 4.78 is 5.87. The maximum absolute atomic E-state index is 6.19. The van der Waals surface area contributed by atoms with Crippen LogP contribution in [0.2, 0.25) is 0 Å². The molecular weight excluding hydrogens is 278 g/mol. The molecule has 110 valence electrons. The first-order valence-corrected chi connectivity index (χ1v) is 8.50. The molecule has 0 saturated heterocycles. The van der Waals surface area contributed by atoms with Crippen LogP contribution in [0.15, 0.2) is 53.4 Å². The highest BCUT2D eigenvalue weighted by Gasteiger charge is 2.17. The van der Waals surface area contributed by atoms with Gasteiger partial charge in [0.15, 0.2) is 0 Å². The minimum absolute atomic E-state index is 0.177. The third kappa shape index (κ3) is 3.80. The first kappa shape index (κ1) is 14.5. The second kappa shape index (κ2) is 7.01. The molecule has 0 saturated carbocycles. The van der Waals surface area contributed by atoms with E-state index in [4.69, 9.17) is 10.5 Å². The quantitative estimate of drug-likeness (QED) is 0.664. The summed E-state index contributed by atoms with van der Waals surface area (Å²) in [6.07, 6.45) is 3.43. The van der Waals surface area contributed by atoms with E-state index in [0.717, 1.165) is 24.3 Å². The van der Waals surface area contributed by atoms with E-state index in [-0.39, 0.29) is 6.04 Å². The predicted molar refractivity (Wildman–Crippen MR) is 89.0 cm³/mol. The summed E-state index contributed by atoms with van der Waals surface area (Å²) in [5.74, 6) is 1.90. The molecule has 0 bridgehead atoms. The standard InChI is InChI=1S/C18H21NOS/c19-18-8-4-5-14-9-10-15(13-17(14)18)20-11-12-21-16-6-2-1-3-7-16/h1-3,6-7,9-10,13,18H,4-5,8,11-12,19H2/t18-/m1/s1. The van der Waals surface area contributed by atoms with Crippen LogP contribution in [-0.2, 0) is 6.42 Å². The van der Waals surface area contributed by atoms with Crippen molar-refractivity contribution in [1.82, 2.24) is 0 Å². The van der Waals surface area contributed by atoms with Crippen molar-refractivity contribution in [3.05, 3.63) is 59.7 Å². The summed E-state index contributed by atoms with van der Waals surface area (Å²) in [6.45, 7) is 0.716. The number of fused-ring (bicyclic) bond motifs is 1. The molecule has 0 heterocycles. The number of hydrogen-bond acceptors (Lipinski definition) is 3. The molecule has 3 heteroatoms. The van der Waals surface area contributed by atoms with E-state index >= 15 is 0 Å². The van der Waals surface area contributed by atoms with Gasteiger partial charge >= 0.3 is 0 Å². The van der Waals surface area contributed by atoms with Gasteiger partial charge in [0.2, 0.25) is 0 Å². The minimum atomic E-state index is 0.177. The zero-order chi connectivity index (χ0) is 14.5. The highest BCUT2D eigenvalue weighted by atomic mass is 32.2. The third-order valence-corrected chi connectivity index (χ3v) is 4.82. The molecule has 2 N–H and O–H groups in total. The molecule has 0 unspecified atom stereocenters. The number of rotatable bonds is 5. The Morgan fingerprint density at radius 3 is 2.86 bits per heavy atom.